The van der Waals surface area contributed by atoms with E-state index >= 15 is 0 Å². The van der Waals surface area contributed by atoms with Crippen LogP contribution in [-0.4, -0.2) is 10.2 Å². The molecule has 0 bridgehead atoms. The van der Waals surface area contributed by atoms with E-state index in [1.165, 1.54) is 0 Å². The van der Waals surface area contributed by atoms with Gasteiger partial charge in [0.2, 0.25) is 0 Å². The van der Waals surface area contributed by atoms with Gasteiger partial charge < -0.3 is 14.6 Å². The Morgan fingerprint density at radius 3 is 2.58 bits per heavy atom. The molecular weight excluding hydrogens is 226 g/mol. The largest absolute Gasteiger partial charge is 0.444 e. The Morgan fingerprint density at radius 1 is 1.25 bits per heavy atom. The molecular formula is C6H4BrN3O2. The van der Waals surface area contributed by atoms with Crippen molar-refractivity contribution in [3.63, 3.8) is 0 Å². The fourth-order valence-corrected chi connectivity index (χ4v) is 1.07. The van der Waals surface area contributed by atoms with Crippen LogP contribution < -0.4 is 5.73 Å². The van der Waals surface area contributed by atoms with Gasteiger partial charge in [-0.3, -0.25) is 0 Å². The number of rotatable bonds is 1. The minimum Gasteiger partial charge on any atom is -0.444 e. The zero-order chi connectivity index (χ0) is 8.55. The number of hydrogen-bond acceptors (Lipinski definition) is 5. The topological polar surface area (TPSA) is 78.1 Å². The molecule has 2 N–H and O–H groups in total. The second-order valence-corrected chi connectivity index (χ2v) is 2.83. The molecule has 0 radical (unpaired) electrons. The molecule has 2 aromatic heterocycles. The quantitative estimate of drug-likeness (QED) is 0.805. The summed E-state index contributed by atoms with van der Waals surface area (Å²) in [6.45, 7) is 0. The van der Waals surface area contributed by atoms with Crippen LogP contribution in [0.4, 0.5) is 6.01 Å². The van der Waals surface area contributed by atoms with Crippen LogP contribution in [0.1, 0.15) is 0 Å². The normalized spacial score (nSPS) is 10.4. The van der Waals surface area contributed by atoms with Crippen LogP contribution in [0.15, 0.2) is 25.6 Å². The average molecular weight is 230 g/mol. The van der Waals surface area contributed by atoms with Crippen molar-refractivity contribution >= 4 is 21.9 Å². The number of furan rings is 1. The molecule has 0 aliphatic heterocycles. The molecule has 5 nitrogen and oxygen atoms in total. The molecule has 0 atom stereocenters. The number of halogens is 1. The van der Waals surface area contributed by atoms with Crippen LogP contribution in [0.2, 0.25) is 0 Å². The Kier molecular flexibility index (Phi) is 1.61. The van der Waals surface area contributed by atoms with Gasteiger partial charge in [-0.25, -0.2) is 0 Å². The van der Waals surface area contributed by atoms with Gasteiger partial charge in [0.15, 0.2) is 10.4 Å². The summed E-state index contributed by atoms with van der Waals surface area (Å²) in [5.74, 6) is 0.768. The minimum absolute atomic E-state index is 0.0255. The van der Waals surface area contributed by atoms with Gasteiger partial charge in [-0.15, -0.1) is 5.10 Å². The number of aromatic nitrogens is 2. The van der Waals surface area contributed by atoms with Gasteiger partial charge in [0, 0.05) is 0 Å². The first-order valence-electron chi connectivity index (χ1n) is 3.10. The zero-order valence-corrected chi connectivity index (χ0v) is 7.41. The molecule has 12 heavy (non-hydrogen) atoms. The van der Waals surface area contributed by atoms with E-state index in [4.69, 9.17) is 14.6 Å². The first-order chi connectivity index (χ1) is 5.75. The highest BCUT2D eigenvalue weighted by Crippen LogP contribution is 2.23. The first-order valence-corrected chi connectivity index (χ1v) is 3.90. The van der Waals surface area contributed by atoms with Crippen LogP contribution >= 0.6 is 15.9 Å². The van der Waals surface area contributed by atoms with Crippen molar-refractivity contribution in [1.29, 1.82) is 0 Å². The van der Waals surface area contributed by atoms with Gasteiger partial charge in [-0.05, 0) is 28.1 Å². The van der Waals surface area contributed by atoms with E-state index < -0.39 is 0 Å². The first kappa shape index (κ1) is 7.35. The highest BCUT2D eigenvalue weighted by atomic mass is 79.9. The molecule has 0 fully saturated rings. The second-order valence-electron chi connectivity index (χ2n) is 2.05. The molecule has 0 saturated heterocycles. The number of nitrogen functional groups attached to an aromatic ring is 1. The Hall–Kier alpha value is -1.30. The van der Waals surface area contributed by atoms with Crippen molar-refractivity contribution in [2.75, 3.05) is 5.73 Å². The summed E-state index contributed by atoms with van der Waals surface area (Å²) >= 11 is 3.15. The Morgan fingerprint density at radius 2 is 2.08 bits per heavy atom. The molecule has 0 aliphatic rings. The lowest BCUT2D eigenvalue weighted by Gasteiger charge is -1.83. The van der Waals surface area contributed by atoms with Crippen LogP contribution in [-0.2, 0) is 0 Å². The van der Waals surface area contributed by atoms with Crippen molar-refractivity contribution < 1.29 is 8.83 Å². The third-order valence-electron chi connectivity index (χ3n) is 1.22. The maximum absolute atomic E-state index is 5.23. The van der Waals surface area contributed by atoms with Gasteiger partial charge in [0.05, 0.1) is 0 Å². The smallest absolute Gasteiger partial charge is 0.313 e. The molecule has 2 aromatic rings. The van der Waals surface area contributed by atoms with E-state index in [2.05, 4.69) is 26.1 Å². The van der Waals surface area contributed by atoms with E-state index in [0.717, 1.165) is 0 Å². The van der Waals surface area contributed by atoms with Gasteiger partial charge in [0.1, 0.15) is 0 Å². The van der Waals surface area contributed by atoms with E-state index in [1.54, 1.807) is 12.1 Å². The molecule has 0 amide bonds. The van der Waals surface area contributed by atoms with Crippen LogP contribution in [0.5, 0.6) is 0 Å². The van der Waals surface area contributed by atoms with Crippen molar-refractivity contribution in [1.82, 2.24) is 10.2 Å². The summed E-state index contributed by atoms with van der Waals surface area (Å²) in [5, 5.41) is 7.13. The minimum atomic E-state index is 0.0255. The maximum Gasteiger partial charge on any atom is 0.313 e. The third kappa shape index (κ3) is 1.20. The van der Waals surface area contributed by atoms with Crippen LogP contribution in [0, 0.1) is 0 Å². The lowest BCUT2D eigenvalue weighted by atomic mass is 10.5. The molecule has 0 unspecified atom stereocenters. The Balaban J connectivity index is 2.43. The summed E-state index contributed by atoms with van der Waals surface area (Å²) in [6.07, 6.45) is 0. The van der Waals surface area contributed by atoms with E-state index in [0.29, 0.717) is 10.4 Å². The average Bonchev–Trinajstić information content (AvgIpc) is 2.58. The number of nitrogens with zero attached hydrogens (tertiary/aromatic N) is 2. The second kappa shape index (κ2) is 2.63. The molecule has 0 saturated carbocycles. The highest BCUT2D eigenvalue weighted by Gasteiger charge is 2.09. The van der Waals surface area contributed by atoms with E-state index in [1.807, 2.05) is 0 Å². The van der Waals surface area contributed by atoms with Gasteiger partial charge >= 0.3 is 6.01 Å². The van der Waals surface area contributed by atoms with Crippen molar-refractivity contribution in [2.24, 2.45) is 0 Å². The summed E-state index contributed by atoms with van der Waals surface area (Å²) in [5.41, 5.74) is 5.23. The standard InChI is InChI=1S/C6H4BrN3O2/c7-4-2-1-3(11-4)5-9-10-6(8)12-5/h1-2H,(H2,8,10). The molecule has 2 rings (SSSR count). The summed E-state index contributed by atoms with van der Waals surface area (Å²) in [7, 11) is 0. The number of hydrogen-bond donors (Lipinski definition) is 1. The zero-order valence-electron chi connectivity index (χ0n) is 5.82. The SMILES string of the molecule is Nc1nnc(-c2ccc(Br)o2)o1. The summed E-state index contributed by atoms with van der Waals surface area (Å²) in [6, 6.07) is 3.46. The highest BCUT2D eigenvalue weighted by molar-refractivity contribution is 9.10. The molecule has 0 aliphatic carbocycles. The predicted molar refractivity (Wildman–Crippen MR) is 44.1 cm³/mol. The summed E-state index contributed by atoms with van der Waals surface area (Å²) in [4.78, 5) is 0. The predicted octanol–water partition coefficient (Wildman–Crippen LogP) is 1.67. The van der Waals surface area contributed by atoms with Crippen LogP contribution in [0.3, 0.4) is 0 Å². The van der Waals surface area contributed by atoms with Gasteiger partial charge in [-0.2, -0.15) is 0 Å². The maximum atomic E-state index is 5.23. The number of anilines is 1. The fraction of sp³-hybridized carbons (Fsp3) is 0. The van der Waals surface area contributed by atoms with Gasteiger partial charge in [-0.1, -0.05) is 5.10 Å². The monoisotopic (exact) mass is 229 g/mol. The molecule has 0 spiro atoms. The summed E-state index contributed by atoms with van der Waals surface area (Å²) < 4.78 is 10.7. The lowest BCUT2D eigenvalue weighted by molar-refractivity contribution is 0.511. The van der Waals surface area contributed by atoms with Crippen molar-refractivity contribution in [3.8, 4) is 11.7 Å². The molecule has 2 heterocycles. The fourth-order valence-electron chi connectivity index (χ4n) is 0.763. The molecule has 0 aromatic carbocycles. The van der Waals surface area contributed by atoms with Crippen LogP contribution in [0.25, 0.3) is 11.7 Å². The van der Waals surface area contributed by atoms with E-state index in [-0.39, 0.29) is 11.9 Å². The molecule has 6 heteroatoms. The molecule has 62 valence electrons. The third-order valence-corrected chi connectivity index (χ3v) is 1.65. The van der Waals surface area contributed by atoms with E-state index in [9.17, 15) is 0 Å². The van der Waals surface area contributed by atoms with Gasteiger partial charge in [0.25, 0.3) is 5.89 Å². The Bertz CT molecular complexity index is 357. The van der Waals surface area contributed by atoms with Crippen molar-refractivity contribution in [3.05, 3.63) is 16.8 Å². The van der Waals surface area contributed by atoms with Crippen molar-refractivity contribution in [2.45, 2.75) is 0 Å². The number of nitrogens with two attached hydrogens (primary N) is 1. The Labute approximate surface area is 75.7 Å². The lowest BCUT2D eigenvalue weighted by Crippen LogP contribution is -1.81.